The molecule has 188 valence electrons. The van der Waals surface area contributed by atoms with Crippen LogP contribution in [0.2, 0.25) is 0 Å². The van der Waals surface area contributed by atoms with E-state index in [0.717, 1.165) is 48.7 Å². The van der Waals surface area contributed by atoms with Gasteiger partial charge < -0.3 is 9.67 Å². The molecule has 0 amide bonds. The van der Waals surface area contributed by atoms with Crippen LogP contribution in [0.3, 0.4) is 0 Å². The molecule has 0 radical (unpaired) electrons. The van der Waals surface area contributed by atoms with Gasteiger partial charge in [-0.2, -0.15) is 12.1 Å². The number of hydrogen-bond acceptors (Lipinski definition) is 4. The Morgan fingerprint density at radius 2 is 1.68 bits per heavy atom. The number of benzene rings is 3. The van der Waals surface area contributed by atoms with Crippen LogP contribution in [-0.4, -0.2) is 19.6 Å². The summed E-state index contributed by atoms with van der Waals surface area (Å²) in [6.07, 6.45) is 1.82. The first kappa shape index (κ1) is 25.5. The summed E-state index contributed by atoms with van der Waals surface area (Å²) >= 11 is 1.56. The monoisotopic (exact) mass is 683 g/mol. The molecule has 0 saturated carbocycles. The van der Waals surface area contributed by atoms with Gasteiger partial charge in [0.2, 0.25) is 0 Å². The fraction of sp³-hybridized carbons (Fsp3) is 0.161. The third-order valence-corrected chi connectivity index (χ3v) is 7.35. The van der Waals surface area contributed by atoms with Crippen molar-refractivity contribution >= 4 is 44.5 Å². The van der Waals surface area contributed by atoms with Crippen LogP contribution in [-0.2, 0) is 26.5 Å². The molecule has 6 rings (SSSR count). The Labute approximate surface area is 235 Å². The van der Waals surface area contributed by atoms with Gasteiger partial charge >= 0.3 is 0 Å². The summed E-state index contributed by atoms with van der Waals surface area (Å²) in [6.45, 7) is 8.58. The summed E-state index contributed by atoms with van der Waals surface area (Å²) in [5.74, 6) is 1.08. The molecule has 3 aromatic heterocycles. The van der Waals surface area contributed by atoms with E-state index in [-0.39, 0.29) is 32.2 Å². The number of aromatic nitrogens is 3. The van der Waals surface area contributed by atoms with Gasteiger partial charge in [-0.3, -0.25) is 0 Å². The topological polar surface area (TPSA) is 50.9 Å². The van der Waals surface area contributed by atoms with Crippen molar-refractivity contribution in [3.63, 3.8) is 0 Å². The van der Waals surface area contributed by atoms with Crippen LogP contribution < -0.4 is 0 Å². The van der Waals surface area contributed by atoms with E-state index in [0.29, 0.717) is 5.52 Å². The molecule has 0 aliphatic heterocycles. The predicted octanol–water partition coefficient (Wildman–Crippen LogP) is 7.99. The van der Waals surface area contributed by atoms with Crippen LogP contribution in [0.4, 0.5) is 0 Å². The second-order valence-electron chi connectivity index (χ2n) is 10.2. The van der Waals surface area contributed by atoms with Gasteiger partial charge in [-0.25, -0.2) is 9.97 Å². The van der Waals surface area contributed by atoms with Gasteiger partial charge in [0, 0.05) is 38.2 Å². The molecule has 0 saturated heterocycles. The SMILES string of the molecule is Cc1cc(O)c2nc(Sc3[c-]c4c(cc3)c3ccccc3n4-c3ccccn3)cc(C(C)(C)C)c2c1.[Pt]. The first-order chi connectivity index (χ1) is 17.3. The number of phenols is 1. The van der Waals surface area contributed by atoms with Crippen molar-refractivity contribution in [2.24, 2.45) is 0 Å². The summed E-state index contributed by atoms with van der Waals surface area (Å²) < 4.78 is 2.16. The van der Waals surface area contributed by atoms with Crippen molar-refractivity contribution in [1.29, 1.82) is 0 Å². The second kappa shape index (κ2) is 9.63. The number of aryl methyl sites for hydroxylation is 1. The molecule has 0 unspecified atom stereocenters. The average molecular weight is 684 g/mol. The van der Waals surface area contributed by atoms with Crippen molar-refractivity contribution < 1.29 is 26.2 Å². The molecule has 3 heterocycles. The van der Waals surface area contributed by atoms with Crippen LogP contribution >= 0.6 is 11.8 Å². The van der Waals surface area contributed by atoms with E-state index in [9.17, 15) is 5.11 Å². The number of rotatable bonds is 3. The minimum atomic E-state index is -0.101. The minimum absolute atomic E-state index is 0. The summed E-state index contributed by atoms with van der Waals surface area (Å²) in [6, 6.07) is 28.3. The molecule has 0 atom stereocenters. The zero-order chi connectivity index (χ0) is 25.0. The van der Waals surface area contributed by atoms with Gasteiger partial charge in [-0.05, 0) is 65.3 Å². The fourth-order valence-corrected chi connectivity index (χ4v) is 5.69. The Morgan fingerprint density at radius 3 is 2.43 bits per heavy atom. The first-order valence-corrected chi connectivity index (χ1v) is 12.8. The second-order valence-corrected chi connectivity index (χ2v) is 11.2. The Bertz CT molecular complexity index is 1770. The molecule has 6 aromatic rings. The van der Waals surface area contributed by atoms with Crippen molar-refractivity contribution in [3.8, 4) is 11.6 Å². The molecule has 0 fully saturated rings. The summed E-state index contributed by atoms with van der Waals surface area (Å²) in [5, 5.41) is 14.9. The maximum Gasteiger partial charge on any atom is 0.142 e. The number of phenolic OH excluding ortho intramolecular Hbond substituents is 1. The number of nitrogens with zero attached hydrogens (tertiary/aromatic N) is 3. The van der Waals surface area contributed by atoms with E-state index < -0.39 is 0 Å². The van der Waals surface area contributed by atoms with Crippen molar-refractivity contribution in [2.45, 2.75) is 43.0 Å². The van der Waals surface area contributed by atoms with Crippen molar-refractivity contribution in [1.82, 2.24) is 14.5 Å². The van der Waals surface area contributed by atoms with E-state index in [1.165, 1.54) is 5.39 Å². The Morgan fingerprint density at radius 1 is 0.892 bits per heavy atom. The van der Waals surface area contributed by atoms with Gasteiger partial charge in [0.15, 0.2) is 0 Å². The van der Waals surface area contributed by atoms with E-state index in [1.54, 1.807) is 17.8 Å². The Kier molecular flexibility index (Phi) is 6.64. The van der Waals surface area contributed by atoms with Crippen LogP contribution in [0.15, 0.2) is 88.9 Å². The van der Waals surface area contributed by atoms with Crippen LogP contribution in [0.25, 0.3) is 38.5 Å². The maximum absolute atomic E-state index is 10.7. The van der Waals surface area contributed by atoms with Crippen LogP contribution in [0.5, 0.6) is 5.75 Å². The number of hydrogen-bond donors (Lipinski definition) is 1. The number of para-hydroxylation sites is 1. The zero-order valence-corrected chi connectivity index (χ0v) is 24.1. The van der Waals surface area contributed by atoms with Gasteiger partial charge in [-0.1, -0.05) is 67.2 Å². The predicted molar refractivity (Wildman–Crippen MR) is 148 cm³/mol. The van der Waals surface area contributed by atoms with Crippen molar-refractivity contribution in [3.05, 3.63) is 96.2 Å². The average Bonchev–Trinajstić information content (AvgIpc) is 3.17. The van der Waals surface area contributed by atoms with Gasteiger partial charge in [0.05, 0.1) is 5.03 Å². The molecule has 0 aliphatic rings. The van der Waals surface area contributed by atoms with E-state index in [2.05, 4.69) is 84.9 Å². The normalized spacial score (nSPS) is 11.8. The van der Waals surface area contributed by atoms with E-state index in [1.807, 2.05) is 31.3 Å². The number of pyridine rings is 2. The Balaban J connectivity index is 0.00000280. The van der Waals surface area contributed by atoms with Crippen LogP contribution in [0, 0.1) is 13.0 Å². The van der Waals surface area contributed by atoms with Crippen molar-refractivity contribution in [2.75, 3.05) is 0 Å². The molecule has 3 aromatic carbocycles. The third kappa shape index (κ3) is 4.56. The van der Waals surface area contributed by atoms with Gasteiger partial charge in [0.25, 0.3) is 0 Å². The smallest absolute Gasteiger partial charge is 0.142 e. The molecule has 37 heavy (non-hydrogen) atoms. The number of aromatic hydroxyl groups is 1. The molecule has 1 N–H and O–H groups in total. The molecular weight excluding hydrogens is 658 g/mol. The zero-order valence-electron chi connectivity index (χ0n) is 21.0. The number of fused-ring (bicyclic) bond motifs is 4. The molecule has 6 heteroatoms. The van der Waals surface area contributed by atoms with Gasteiger partial charge in [-0.15, -0.1) is 11.5 Å². The molecule has 0 aliphatic carbocycles. The summed E-state index contributed by atoms with van der Waals surface area (Å²) in [4.78, 5) is 10.4. The first-order valence-electron chi connectivity index (χ1n) is 12.0. The largest absolute Gasteiger partial charge is 0.506 e. The maximum atomic E-state index is 10.7. The summed E-state index contributed by atoms with van der Waals surface area (Å²) in [5.41, 5.74) is 4.81. The van der Waals surface area contributed by atoms with Crippen LogP contribution in [0.1, 0.15) is 31.9 Å². The minimum Gasteiger partial charge on any atom is -0.506 e. The molecule has 0 spiro atoms. The Hall–Kier alpha value is -3.14. The quantitative estimate of drug-likeness (QED) is 0.192. The summed E-state index contributed by atoms with van der Waals surface area (Å²) in [7, 11) is 0. The standard InChI is InChI=1S/C31H26N3OS.Pt/c1-19-15-23-24(31(2,3)4)18-29(33-30(23)27(35)16-19)36-20-12-13-22-21-9-5-6-10-25(21)34(26(22)17-20)28-11-7-8-14-32-28;/h5-16,18,35H,1-4H3;/q-1;. The molecular formula is C31H26N3OPtS-. The van der Waals surface area contributed by atoms with E-state index >= 15 is 0 Å². The fourth-order valence-electron chi connectivity index (χ4n) is 4.87. The molecule has 4 nitrogen and oxygen atoms in total. The molecule has 0 bridgehead atoms. The van der Waals surface area contributed by atoms with Gasteiger partial charge in [0.1, 0.15) is 17.1 Å². The third-order valence-electron chi connectivity index (χ3n) is 6.47. The van der Waals surface area contributed by atoms with E-state index in [4.69, 9.17) is 4.98 Å².